The molecule has 5 nitrogen and oxygen atoms in total. The Morgan fingerprint density at radius 2 is 2.00 bits per heavy atom. The fourth-order valence-electron chi connectivity index (χ4n) is 3.31. The molecule has 2 rings (SSSR count). The van der Waals surface area contributed by atoms with Gasteiger partial charge in [-0.05, 0) is 32.1 Å². The predicted octanol–water partition coefficient (Wildman–Crippen LogP) is 1.27. The summed E-state index contributed by atoms with van der Waals surface area (Å²) in [6.07, 6.45) is 4.24. The summed E-state index contributed by atoms with van der Waals surface area (Å²) < 4.78 is 5.05. The lowest BCUT2D eigenvalue weighted by molar-refractivity contribution is -0.154. The second-order valence-corrected chi connectivity index (χ2v) is 5.33. The molecule has 1 N–H and O–H groups in total. The van der Waals surface area contributed by atoms with E-state index in [0.717, 1.165) is 25.7 Å². The Hall–Kier alpha value is -1.10. The van der Waals surface area contributed by atoms with Gasteiger partial charge in [-0.2, -0.15) is 0 Å². The molecular formula is C13H21NO4. The standard InChI is InChI=1S/C13H21NO4/c1-8(18-2)12(15)14-10-6-4-3-5-9(10)7-11(14)13(16)17/h8-11H,3-7H2,1-2H3,(H,16,17)/t8-,9+,10+,11+/m1/s1. The zero-order chi connectivity index (χ0) is 13.3. The number of fused-ring (bicyclic) bond motifs is 1. The Kier molecular flexibility index (Phi) is 3.90. The van der Waals surface area contributed by atoms with Gasteiger partial charge in [0.15, 0.2) is 0 Å². The summed E-state index contributed by atoms with van der Waals surface area (Å²) in [4.78, 5) is 25.2. The Morgan fingerprint density at radius 3 is 2.61 bits per heavy atom. The van der Waals surface area contributed by atoms with E-state index in [9.17, 15) is 14.7 Å². The fraction of sp³-hybridized carbons (Fsp3) is 0.846. The number of rotatable bonds is 3. The predicted molar refractivity (Wildman–Crippen MR) is 65.1 cm³/mol. The van der Waals surface area contributed by atoms with E-state index >= 15 is 0 Å². The van der Waals surface area contributed by atoms with Crippen LogP contribution in [0.3, 0.4) is 0 Å². The van der Waals surface area contributed by atoms with Crippen molar-refractivity contribution >= 4 is 11.9 Å². The highest BCUT2D eigenvalue weighted by atomic mass is 16.5. The minimum absolute atomic E-state index is 0.102. The molecule has 0 spiro atoms. The number of likely N-dealkylation sites (tertiary alicyclic amines) is 1. The van der Waals surface area contributed by atoms with Gasteiger partial charge in [0.05, 0.1) is 0 Å². The molecule has 0 aromatic carbocycles. The number of methoxy groups -OCH3 is 1. The van der Waals surface area contributed by atoms with E-state index < -0.39 is 18.1 Å². The minimum atomic E-state index is -0.888. The molecule has 1 aliphatic heterocycles. The highest BCUT2D eigenvalue weighted by molar-refractivity contribution is 5.87. The van der Waals surface area contributed by atoms with Crippen LogP contribution in [0.4, 0.5) is 0 Å². The van der Waals surface area contributed by atoms with Crippen molar-refractivity contribution in [2.45, 2.75) is 57.2 Å². The SMILES string of the molecule is CO[C@H](C)C(=O)N1[C@H](C(=O)O)C[C@@H]2CCCC[C@@H]21. The summed E-state index contributed by atoms with van der Waals surface area (Å²) >= 11 is 0. The summed E-state index contributed by atoms with van der Waals surface area (Å²) in [5.41, 5.74) is 0. The Balaban J connectivity index is 2.21. The van der Waals surface area contributed by atoms with Crippen molar-refractivity contribution in [1.29, 1.82) is 0 Å². The van der Waals surface area contributed by atoms with Crippen LogP contribution in [0.25, 0.3) is 0 Å². The Bertz CT molecular complexity index is 344. The number of carboxylic acid groups (broad SMARTS) is 1. The molecule has 0 aromatic rings. The van der Waals surface area contributed by atoms with Crippen LogP contribution in [0.1, 0.15) is 39.0 Å². The molecule has 0 radical (unpaired) electrons. The number of carbonyl (C=O) groups excluding carboxylic acids is 1. The van der Waals surface area contributed by atoms with Crippen LogP contribution in [-0.4, -0.2) is 47.2 Å². The molecule has 1 saturated heterocycles. The maximum absolute atomic E-state index is 12.3. The van der Waals surface area contributed by atoms with Crippen LogP contribution in [0.15, 0.2) is 0 Å². The first-order valence-corrected chi connectivity index (χ1v) is 6.64. The zero-order valence-electron chi connectivity index (χ0n) is 11.0. The van der Waals surface area contributed by atoms with E-state index in [-0.39, 0.29) is 11.9 Å². The van der Waals surface area contributed by atoms with Crippen LogP contribution >= 0.6 is 0 Å². The third kappa shape index (κ3) is 2.23. The number of ether oxygens (including phenoxy) is 1. The van der Waals surface area contributed by atoms with E-state index in [4.69, 9.17) is 4.74 Å². The molecule has 2 aliphatic rings. The largest absolute Gasteiger partial charge is 0.480 e. The molecule has 0 unspecified atom stereocenters. The maximum Gasteiger partial charge on any atom is 0.326 e. The smallest absolute Gasteiger partial charge is 0.326 e. The van der Waals surface area contributed by atoms with Gasteiger partial charge in [0.25, 0.3) is 5.91 Å². The lowest BCUT2D eigenvalue weighted by atomic mass is 9.84. The van der Waals surface area contributed by atoms with Gasteiger partial charge in [-0.3, -0.25) is 4.79 Å². The van der Waals surface area contributed by atoms with E-state index in [0.29, 0.717) is 12.3 Å². The summed E-state index contributed by atoms with van der Waals surface area (Å²) in [7, 11) is 1.48. The third-order valence-electron chi connectivity index (χ3n) is 4.33. The zero-order valence-corrected chi connectivity index (χ0v) is 11.0. The number of carboxylic acids is 1. The monoisotopic (exact) mass is 255 g/mol. The van der Waals surface area contributed by atoms with Gasteiger partial charge in [-0.25, -0.2) is 4.79 Å². The second kappa shape index (κ2) is 5.26. The van der Waals surface area contributed by atoms with Crippen molar-refractivity contribution < 1.29 is 19.4 Å². The van der Waals surface area contributed by atoms with Crippen LogP contribution in [0.5, 0.6) is 0 Å². The van der Waals surface area contributed by atoms with Gasteiger partial charge >= 0.3 is 5.97 Å². The van der Waals surface area contributed by atoms with Crippen molar-refractivity contribution in [3.8, 4) is 0 Å². The average molecular weight is 255 g/mol. The van der Waals surface area contributed by atoms with Crippen LogP contribution in [0.2, 0.25) is 0 Å². The lowest BCUT2D eigenvalue weighted by Gasteiger charge is -2.34. The van der Waals surface area contributed by atoms with E-state index in [1.165, 1.54) is 7.11 Å². The highest BCUT2D eigenvalue weighted by Crippen LogP contribution is 2.40. The van der Waals surface area contributed by atoms with Gasteiger partial charge in [0.1, 0.15) is 12.1 Å². The first-order valence-electron chi connectivity index (χ1n) is 6.64. The van der Waals surface area contributed by atoms with Crippen molar-refractivity contribution in [3.05, 3.63) is 0 Å². The molecule has 0 aromatic heterocycles. The number of aliphatic carboxylic acids is 1. The summed E-state index contributed by atoms with van der Waals surface area (Å²) in [6, 6.07) is -0.562. The van der Waals surface area contributed by atoms with Gasteiger partial charge < -0.3 is 14.7 Å². The summed E-state index contributed by atoms with van der Waals surface area (Å²) in [5.74, 6) is -0.715. The van der Waals surface area contributed by atoms with Crippen molar-refractivity contribution in [3.63, 3.8) is 0 Å². The molecule has 1 amide bonds. The van der Waals surface area contributed by atoms with E-state index in [1.54, 1.807) is 11.8 Å². The Labute approximate surface area is 107 Å². The second-order valence-electron chi connectivity index (χ2n) is 5.33. The molecular weight excluding hydrogens is 234 g/mol. The third-order valence-corrected chi connectivity index (χ3v) is 4.33. The quantitative estimate of drug-likeness (QED) is 0.824. The van der Waals surface area contributed by atoms with Crippen molar-refractivity contribution in [1.82, 2.24) is 4.90 Å². The average Bonchev–Trinajstić information content (AvgIpc) is 2.76. The van der Waals surface area contributed by atoms with Crippen LogP contribution in [0, 0.1) is 5.92 Å². The lowest BCUT2D eigenvalue weighted by Crippen LogP contribution is -2.50. The number of nitrogens with zero attached hydrogens (tertiary/aromatic N) is 1. The van der Waals surface area contributed by atoms with E-state index in [1.807, 2.05) is 0 Å². The molecule has 1 saturated carbocycles. The van der Waals surface area contributed by atoms with Gasteiger partial charge in [0, 0.05) is 13.2 Å². The highest BCUT2D eigenvalue weighted by Gasteiger charge is 2.48. The number of carbonyl (C=O) groups is 2. The van der Waals surface area contributed by atoms with Crippen molar-refractivity contribution in [2.24, 2.45) is 5.92 Å². The number of hydrogen-bond acceptors (Lipinski definition) is 3. The summed E-state index contributed by atoms with van der Waals surface area (Å²) in [5, 5.41) is 9.30. The molecule has 102 valence electrons. The molecule has 2 fully saturated rings. The van der Waals surface area contributed by atoms with Gasteiger partial charge in [-0.15, -0.1) is 0 Å². The molecule has 1 aliphatic carbocycles. The molecule has 0 bridgehead atoms. The number of hydrogen-bond donors (Lipinski definition) is 1. The van der Waals surface area contributed by atoms with Crippen molar-refractivity contribution in [2.75, 3.05) is 7.11 Å². The summed E-state index contributed by atoms with van der Waals surface area (Å²) in [6.45, 7) is 1.68. The first-order chi connectivity index (χ1) is 8.56. The normalized spacial score (nSPS) is 33.0. The van der Waals surface area contributed by atoms with Gasteiger partial charge in [0.2, 0.25) is 0 Å². The molecule has 18 heavy (non-hydrogen) atoms. The number of amides is 1. The van der Waals surface area contributed by atoms with Crippen LogP contribution in [-0.2, 0) is 14.3 Å². The topological polar surface area (TPSA) is 66.8 Å². The Morgan fingerprint density at radius 1 is 1.33 bits per heavy atom. The molecule has 4 atom stereocenters. The van der Waals surface area contributed by atoms with E-state index in [2.05, 4.69) is 0 Å². The first kappa shape index (κ1) is 13.3. The van der Waals surface area contributed by atoms with Gasteiger partial charge in [-0.1, -0.05) is 12.8 Å². The molecule has 1 heterocycles. The fourth-order valence-corrected chi connectivity index (χ4v) is 3.31. The molecule has 5 heteroatoms. The maximum atomic E-state index is 12.3. The minimum Gasteiger partial charge on any atom is -0.480 e. The van der Waals surface area contributed by atoms with Crippen LogP contribution < -0.4 is 0 Å².